The van der Waals surface area contributed by atoms with Gasteiger partial charge in [0.05, 0.1) is 55.9 Å². The number of anilines is 1. The minimum atomic E-state index is -2.12. The summed E-state index contributed by atoms with van der Waals surface area (Å²) in [6.45, 7) is 6.13. The Morgan fingerprint density at radius 2 is 1.30 bits per heavy atom. The van der Waals surface area contributed by atoms with E-state index in [1.165, 1.54) is 62.1 Å². The minimum absolute atomic E-state index is 0.0326. The Hall–Kier alpha value is -7.49. The van der Waals surface area contributed by atoms with Crippen LogP contribution in [0, 0.1) is 11.8 Å². The topological polar surface area (TPSA) is 433 Å². The van der Waals surface area contributed by atoms with E-state index in [-0.39, 0.29) is 30.6 Å². The molecule has 4 aromatic rings. The molecule has 1 saturated carbocycles. The van der Waals surface area contributed by atoms with Crippen LogP contribution in [0.2, 0.25) is 0 Å². The number of phenols is 2. The van der Waals surface area contributed by atoms with Crippen LogP contribution in [0.3, 0.4) is 0 Å². The van der Waals surface area contributed by atoms with E-state index >= 15 is 0 Å². The summed E-state index contributed by atoms with van der Waals surface area (Å²) in [7, 11) is 0. The van der Waals surface area contributed by atoms with Crippen LogP contribution in [0.25, 0.3) is 21.1 Å². The molecule has 7 amide bonds. The molecule has 5 fully saturated rings. The van der Waals surface area contributed by atoms with Gasteiger partial charge in [0.25, 0.3) is 5.91 Å². The summed E-state index contributed by atoms with van der Waals surface area (Å²) >= 11 is 1.34. The maximum Gasteiger partial charge on any atom is 0.251 e. The summed E-state index contributed by atoms with van der Waals surface area (Å²) in [5.74, 6) is -8.98. The Bertz CT molecular complexity index is 3270. The van der Waals surface area contributed by atoms with Crippen molar-refractivity contribution in [2.75, 3.05) is 70.5 Å². The summed E-state index contributed by atoms with van der Waals surface area (Å²) in [5.41, 5.74) is 2.77. The lowest BCUT2D eigenvalue weighted by molar-refractivity contribution is -0.147. The molecule has 16 N–H and O–H groups in total. The quantitative estimate of drug-likeness (QED) is 0.0477. The van der Waals surface area contributed by atoms with Crippen molar-refractivity contribution in [1.82, 2.24) is 56.8 Å². The number of phenolic OH excluding ortho intramolecular Hbond substituents is 2. The SMILES string of the molecule is CC1CCC(N2CCN(c3ccc(-c4nnc(-c5ccc(C(=O)N[C@H]6C[C@@H](O)CNC(=O)[C@@H]7[C@@H](O)[C@@H](C)CN7C(=O)[C@H]([C@H](O)CCNC(CO)CO)NC(=O)[C@H]([C@H](O)Cc7ccc(O)c(O)c7)NC(=O)[C@@H]7C[C@@H](O)CN7C(=O)[C@H]([C@@H](C)O)NC6=O)cc5)s4)cc3)CC2)CC1. The monoisotopic (exact) mass is 1330 g/mol. The Kier molecular flexibility index (Phi) is 24.0. The number of piperazine rings is 1. The molecule has 5 aliphatic rings. The number of nitrogens with zero attached hydrogens (tertiary/aromatic N) is 6. The van der Waals surface area contributed by atoms with Crippen molar-refractivity contribution in [2.24, 2.45) is 11.8 Å². The van der Waals surface area contributed by atoms with E-state index in [0.717, 1.165) is 72.2 Å². The highest BCUT2D eigenvalue weighted by Gasteiger charge is 2.50. The number of aromatic hydroxyl groups is 2. The lowest BCUT2D eigenvalue weighted by atomic mass is 9.86. The van der Waals surface area contributed by atoms with E-state index in [2.05, 4.69) is 71.0 Å². The largest absolute Gasteiger partial charge is 0.504 e. The number of fused-ring (bicyclic) bond motifs is 2. The van der Waals surface area contributed by atoms with Gasteiger partial charge in [-0.2, -0.15) is 0 Å². The molecule has 0 bridgehead atoms. The second-order valence-corrected chi connectivity index (χ2v) is 26.6. The van der Waals surface area contributed by atoms with E-state index < -0.39 is 183 Å². The zero-order chi connectivity index (χ0) is 67.7. The fourth-order valence-electron chi connectivity index (χ4n) is 13.0. The van der Waals surface area contributed by atoms with Crippen molar-refractivity contribution >= 4 is 58.4 Å². The summed E-state index contributed by atoms with van der Waals surface area (Å²) in [6, 6.07) is 6.40. The predicted molar refractivity (Wildman–Crippen MR) is 341 cm³/mol. The van der Waals surface area contributed by atoms with Crippen molar-refractivity contribution in [1.29, 1.82) is 0 Å². The van der Waals surface area contributed by atoms with Crippen LogP contribution in [-0.2, 0) is 35.2 Å². The molecule has 0 spiro atoms. The Morgan fingerprint density at radius 3 is 1.93 bits per heavy atom. The van der Waals surface area contributed by atoms with E-state index in [1.54, 1.807) is 12.1 Å². The normalized spacial score (nSPS) is 28.3. The van der Waals surface area contributed by atoms with Crippen LogP contribution >= 0.6 is 11.3 Å². The molecule has 0 radical (unpaired) electrons. The second-order valence-electron chi connectivity index (χ2n) is 25.6. The van der Waals surface area contributed by atoms with Gasteiger partial charge in [-0.1, -0.05) is 43.4 Å². The van der Waals surface area contributed by atoms with Gasteiger partial charge in [-0.05, 0) is 106 Å². The third-order valence-electron chi connectivity index (χ3n) is 18.7. The average molecular weight is 1330 g/mol. The number of rotatable bonds is 17. The molecule has 94 heavy (non-hydrogen) atoms. The highest BCUT2D eigenvalue weighted by molar-refractivity contribution is 7.17. The van der Waals surface area contributed by atoms with Gasteiger partial charge in [0.15, 0.2) is 11.5 Å². The number of hydrogen-bond donors (Lipinski definition) is 16. The molecule has 3 aromatic carbocycles. The van der Waals surface area contributed by atoms with Crippen LogP contribution in [0.4, 0.5) is 5.69 Å². The molecule has 1 aliphatic carbocycles. The fourth-order valence-corrected chi connectivity index (χ4v) is 13.8. The Labute approximate surface area is 547 Å². The number of hydrogen-bond acceptors (Lipinski definition) is 23. The van der Waals surface area contributed by atoms with Gasteiger partial charge in [0.2, 0.25) is 35.4 Å². The van der Waals surface area contributed by atoms with Gasteiger partial charge in [-0.3, -0.25) is 38.5 Å². The molecule has 4 saturated heterocycles. The molecule has 512 valence electrons. The van der Waals surface area contributed by atoms with Gasteiger partial charge < -0.3 is 97.7 Å². The standard InChI is InChI=1S/C64H88N12O17S/c1-33-4-13-41(14-5-33)73-20-22-74(23-21-73)42-15-11-39(12-16-42)62-72-71-61(94-62)38-9-7-37(8-10-38)56(87)67-45-26-43(80)28-66-60(91)54-55(86)34(2)29-76(54)64(93)53(48(83)18-19-65-40(31-77)32-78)70-59(90)52(50(85)25-36-6-17-47(82)49(84)24-36)69-58(89)46-27-44(81)30-75(46)63(92)51(35(3)79)68-57(45)88/h6-12,15-17,24,33-35,40-41,43-46,48,50-55,65,77-86H,4-5,13-14,18-23,25-32H2,1-3H3,(H,66,91)(H,67,87)(H,68,88)(H,69,89)(H,70,90)/t33?,34-,35+,41?,43+,44+,45-,46-,48+,50+,51-,52-,53-,54-,55-/m0/s1. The van der Waals surface area contributed by atoms with Crippen LogP contribution in [0.1, 0.15) is 81.6 Å². The van der Waals surface area contributed by atoms with Gasteiger partial charge in [-0.15, -0.1) is 10.2 Å². The fraction of sp³-hybridized carbons (Fsp3) is 0.578. The van der Waals surface area contributed by atoms with Gasteiger partial charge in [0, 0.05) is 99.4 Å². The third-order valence-corrected chi connectivity index (χ3v) is 19.7. The number of aliphatic hydroxyl groups excluding tert-OH is 8. The smallest absolute Gasteiger partial charge is 0.251 e. The molecule has 30 heteroatoms. The predicted octanol–water partition coefficient (Wildman–Crippen LogP) is -2.73. The molecular weight excluding hydrogens is 1240 g/mol. The molecule has 4 aliphatic heterocycles. The number of aliphatic hydroxyl groups is 8. The summed E-state index contributed by atoms with van der Waals surface area (Å²) in [5, 5.41) is 134. The van der Waals surface area contributed by atoms with Gasteiger partial charge in [0.1, 0.15) is 46.3 Å². The zero-order valence-electron chi connectivity index (χ0n) is 52.7. The lowest BCUT2D eigenvalue weighted by Gasteiger charge is -2.42. The Morgan fingerprint density at radius 1 is 0.681 bits per heavy atom. The van der Waals surface area contributed by atoms with Crippen molar-refractivity contribution in [2.45, 2.75) is 157 Å². The summed E-state index contributed by atoms with van der Waals surface area (Å²) in [4.78, 5) is 109. The van der Waals surface area contributed by atoms with Crippen molar-refractivity contribution < 1.29 is 84.6 Å². The summed E-state index contributed by atoms with van der Waals surface area (Å²) < 4.78 is 0. The van der Waals surface area contributed by atoms with Crippen LogP contribution < -0.4 is 36.8 Å². The number of benzene rings is 3. The number of carbonyl (C=O) groups excluding carboxylic acids is 7. The van der Waals surface area contributed by atoms with Crippen LogP contribution in [-0.4, -0.2) is 268 Å². The number of carbonyl (C=O) groups is 7. The van der Waals surface area contributed by atoms with E-state index in [0.29, 0.717) is 21.6 Å². The van der Waals surface area contributed by atoms with Crippen LogP contribution in [0.15, 0.2) is 66.7 Å². The lowest BCUT2D eigenvalue weighted by Crippen LogP contribution is -2.64. The number of amides is 7. The first kappa shape index (κ1) is 70.8. The number of aromatic nitrogens is 2. The first-order chi connectivity index (χ1) is 44.9. The highest BCUT2D eigenvalue weighted by Crippen LogP contribution is 2.34. The maximum atomic E-state index is 14.9. The van der Waals surface area contributed by atoms with E-state index in [4.69, 9.17) is 0 Å². The van der Waals surface area contributed by atoms with Crippen molar-refractivity contribution in [3.05, 3.63) is 77.9 Å². The van der Waals surface area contributed by atoms with Crippen molar-refractivity contribution in [3.63, 3.8) is 0 Å². The van der Waals surface area contributed by atoms with Gasteiger partial charge >= 0.3 is 0 Å². The second kappa shape index (κ2) is 31.8. The first-order valence-electron chi connectivity index (χ1n) is 32.1. The summed E-state index contributed by atoms with van der Waals surface area (Å²) in [6.07, 6.45) is -7.28. The van der Waals surface area contributed by atoms with E-state index in [9.17, 15) is 84.6 Å². The molecule has 29 nitrogen and oxygen atoms in total. The number of β-amino-alcohol motifs (C(OH)–C–C–N with tert-alkyl or cyclic N) is 1. The zero-order valence-corrected chi connectivity index (χ0v) is 53.6. The highest BCUT2D eigenvalue weighted by atomic mass is 32.1. The van der Waals surface area contributed by atoms with E-state index in [1.807, 2.05) is 12.1 Å². The average Bonchev–Trinajstić information content (AvgIpc) is 1.63. The first-order valence-corrected chi connectivity index (χ1v) is 32.9. The maximum absolute atomic E-state index is 14.9. The molecular formula is C64H88N12O17S. The van der Waals surface area contributed by atoms with Gasteiger partial charge in [-0.25, -0.2) is 0 Å². The van der Waals surface area contributed by atoms with Crippen LogP contribution in [0.5, 0.6) is 11.5 Å². The number of nitrogens with one attached hydrogen (secondary N) is 6. The molecule has 9 rings (SSSR count). The molecule has 1 aromatic heterocycles. The third kappa shape index (κ3) is 17.1. The Balaban J connectivity index is 0.957. The minimum Gasteiger partial charge on any atom is -0.504 e. The molecule has 0 unspecified atom stereocenters. The molecule has 5 heterocycles. The molecule has 13 atom stereocenters. The van der Waals surface area contributed by atoms with Crippen molar-refractivity contribution in [3.8, 4) is 32.6 Å².